The van der Waals surface area contributed by atoms with Gasteiger partial charge >= 0.3 is 0 Å². The normalized spacial score (nSPS) is 10.2. The Morgan fingerprint density at radius 1 is 1.08 bits per heavy atom. The summed E-state index contributed by atoms with van der Waals surface area (Å²) >= 11 is 0. The molecule has 1 amide bonds. The van der Waals surface area contributed by atoms with Gasteiger partial charge in [0.15, 0.2) is 5.78 Å². The zero-order valence-electron chi connectivity index (χ0n) is 13.8. The van der Waals surface area contributed by atoms with E-state index in [2.05, 4.69) is 10.3 Å². The topological polar surface area (TPSA) is 68.3 Å². The van der Waals surface area contributed by atoms with Gasteiger partial charge in [0.1, 0.15) is 5.75 Å². The number of ether oxygens (including phenoxy) is 1. The number of ketones is 1. The zero-order chi connectivity index (χ0) is 17.2. The minimum Gasteiger partial charge on any atom is -0.494 e. The van der Waals surface area contributed by atoms with E-state index in [4.69, 9.17) is 4.74 Å². The molecular formula is C19H22N2O3. The number of pyridine rings is 1. The van der Waals surface area contributed by atoms with Gasteiger partial charge in [-0.25, -0.2) is 0 Å². The fourth-order valence-corrected chi connectivity index (χ4v) is 2.11. The lowest BCUT2D eigenvalue weighted by atomic mass is 10.1. The second-order valence-electron chi connectivity index (χ2n) is 5.39. The average molecular weight is 326 g/mol. The Morgan fingerprint density at radius 3 is 2.54 bits per heavy atom. The number of Topliss-reactive ketones (excluding diaryl/α,β-unsaturated/α-hetero) is 1. The highest BCUT2D eigenvalue weighted by molar-refractivity contribution is 5.98. The predicted octanol–water partition coefficient (Wildman–Crippen LogP) is 3.15. The molecule has 0 aliphatic rings. The van der Waals surface area contributed by atoms with Gasteiger partial charge in [-0.15, -0.1) is 0 Å². The molecule has 0 atom stereocenters. The average Bonchev–Trinajstić information content (AvgIpc) is 2.64. The van der Waals surface area contributed by atoms with Crippen LogP contribution in [0.3, 0.4) is 0 Å². The molecule has 0 bridgehead atoms. The van der Waals surface area contributed by atoms with Crippen molar-refractivity contribution in [2.24, 2.45) is 0 Å². The summed E-state index contributed by atoms with van der Waals surface area (Å²) in [6.07, 6.45) is 2.97. The first-order valence-electron chi connectivity index (χ1n) is 8.11. The van der Waals surface area contributed by atoms with E-state index in [0.29, 0.717) is 18.7 Å². The number of hydrogen-bond acceptors (Lipinski definition) is 4. The van der Waals surface area contributed by atoms with E-state index < -0.39 is 0 Å². The standard InChI is InChI=1S/C19H22N2O3/c1-2-13-24-17-8-6-15(7-9-17)18(22)10-11-19(23)21-14-16-5-3-4-12-20-16/h3-9,12H,2,10-11,13-14H2,1H3,(H,21,23). The number of hydrogen-bond donors (Lipinski definition) is 1. The van der Waals surface area contributed by atoms with Crippen molar-refractivity contribution in [3.8, 4) is 5.75 Å². The van der Waals surface area contributed by atoms with Crippen LogP contribution in [0, 0.1) is 0 Å². The molecule has 5 nitrogen and oxygen atoms in total. The molecule has 2 rings (SSSR count). The van der Waals surface area contributed by atoms with Crippen LogP contribution in [0.15, 0.2) is 48.7 Å². The van der Waals surface area contributed by atoms with Crippen LogP contribution < -0.4 is 10.1 Å². The third-order valence-corrected chi connectivity index (χ3v) is 3.42. The van der Waals surface area contributed by atoms with Gasteiger partial charge in [-0.05, 0) is 42.8 Å². The fraction of sp³-hybridized carbons (Fsp3) is 0.316. The number of aromatic nitrogens is 1. The lowest BCUT2D eigenvalue weighted by Gasteiger charge is -2.06. The van der Waals surface area contributed by atoms with Gasteiger partial charge in [0.2, 0.25) is 5.91 Å². The van der Waals surface area contributed by atoms with Crippen LogP contribution in [0.4, 0.5) is 0 Å². The summed E-state index contributed by atoms with van der Waals surface area (Å²) < 4.78 is 5.48. The molecule has 0 fully saturated rings. The molecule has 0 radical (unpaired) electrons. The highest BCUT2D eigenvalue weighted by Gasteiger charge is 2.09. The van der Waals surface area contributed by atoms with E-state index in [-0.39, 0.29) is 24.5 Å². The van der Waals surface area contributed by atoms with Crippen molar-refractivity contribution < 1.29 is 14.3 Å². The summed E-state index contributed by atoms with van der Waals surface area (Å²) in [5.41, 5.74) is 1.39. The molecule has 5 heteroatoms. The summed E-state index contributed by atoms with van der Waals surface area (Å²) in [5.74, 6) is 0.545. The molecule has 0 aliphatic heterocycles. The van der Waals surface area contributed by atoms with Crippen LogP contribution in [0.1, 0.15) is 42.2 Å². The number of nitrogens with one attached hydrogen (secondary N) is 1. The first-order valence-corrected chi connectivity index (χ1v) is 8.11. The van der Waals surface area contributed by atoms with Crippen LogP contribution in [0.5, 0.6) is 5.75 Å². The van der Waals surface area contributed by atoms with Crippen molar-refractivity contribution in [2.45, 2.75) is 32.7 Å². The molecule has 126 valence electrons. The maximum atomic E-state index is 12.1. The van der Waals surface area contributed by atoms with Crippen molar-refractivity contribution >= 4 is 11.7 Å². The van der Waals surface area contributed by atoms with E-state index in [1.165, 1.54) is 0 Å². The Morgan fingerprint density at radius 2 is 1.88 bits per heavy atom. The summed E-state index contributed by atoms with van der Waals surface area (Å²) in [4.78, 5) is 28.1. The van der Waals surface area contributed by atoms with Crippen LogP contribution >= 0.6 is 0 Å². The van der Waals surface area contributed by atoms with Gasteiger partial charge in [0.05, 0.1) is 18.8 Å². The summed E-state index contributed by atoms with van der Waals surface area (Å²) in [7, 11) is 0. The van der Waals surface area contributed by atoms with E-state index in [1.54, 1.807) is 30.5 Å². The second-order valence-corrected chi connectivity index (χ2v) is 5.39. The third-order valence-electron chi connectivity index (χ3n) is 3.42. The van der Waals surface area contributed by atoms with E-state index in [9.17, 15) is 9.59 Å². The Labute approximate surface area is 142 Å². The van der Waals surface area contributed by atoms with E-state index >= 15 is 0 Å². The van der Waals surface area contributed by atoms with Crippen molar-refractivity contribution in [3.63, 3.8) is 0 Å². The molecule has 2 aromatic rings. The lowest BCUT2D eigenvalue weighted by molar-refractivity contribution is -0.121. The highest BCUT2D eigenvalue weighted by Crippen LogP contribution is 2.14. The van der Waals surface area contributed by atoms with Crippen LogP contribution in [0.25, 0.3) is 0 Å². The molecule has 1 N–H and O–H groups in total. The monoisotopic (exact) mass is 326 g/mol. The number of carbonyl (C=O) groups is 2. The van der Waals surface area contributed by atoms with Crippen molar-refractivity contribution in [1.82, 2.24) is 10.3 Å². The SMILES string of the molecule is CCCOc1ccc(C(=O)CCC(=O)NCc2ccccn2)cc1. The Hall–Kier alpha value is -2.69. The first-order chi connectivity index (χ1) is 11.7. The molecule has 1 aromatic carbocycles. The Kier molecular flexibility index (Phi) is 6.95. The number of nitrogens with zero attached hydrogens (tertiary/aromatic N) is 1. The molecule has 0 spiro atoms. The summed E-state index contributed by atoms with van der Waals surface area (Å²) in [6.45, 7) is 3.07. The minimum atomic E-state index is -0.156. The highest BCUT2D eigenvalue weighted by atomic mass is 16.5. The molecule has 0 saturated heterocycles. The molecule has 0 aliphatic carbocycles. The van der Waals surface area contributed by atoms with Gasteiger partial charge in [0.25, 0.3) is 0 Å². The van der Waals surface area contributed by atoms with Crippen molar-refractivity contribution in [2.75, 3.05) is 6.61 Å². The van der Waals surface area contributed by atoms with Gasteiger partial charge in [-0.1, -0.05) is 13.0 Å². The number of rotatable bonds is 9. The van der Waals surface area contributed by atoms with Crippen LogP contribution in [-0.4, -0.2) is 23.3 Å². The number of amides is 1. The maximum absolute atomic E-state index is 12.1. The number of carbonyl (C=O) groups excluding carboxylic acids is 2. The molecule has 1 heterocycles. The molecule has 0 unspecified atom stereocenters. The van der Waals surface area contributed by atoms with Gasteiger partial charge < -0.3 is 10.1 Å². The predicted molar refractivity (Wildman–Crippen MR) is 91.9 cm³/mol. The number of benzene rings is 1. The smallest absolute Gasteiger partial charge is 0.220 e. The lowest BCUT2D eigenvalue weighted by Crippen LogP contribution is -2.23. The fourth-order valence-electron chi connectivity index (χ4n) is 2.11. The first kappa shape index (κ1) is 17.7. The molecule has 24 heavy (non-hydrogen) atoms. The van der Waals surface area contributed by atoms with Gasteiger partial charge in [-0.2, -0.15) is 0 Å². The van der Waals surface area contributed by atoms with E-state index in [0.717, 1.165) is 17.9 Å². The zero-order valence-corrected chi connectivity index (χ0v) is 13.8. The Balaban J connectivity index is 1.74. The van der Waals surface area contributed by atoms with Crippen molar-refractivity contribution in [3.05, 3.63) is 59.9 Å². The van der Waals surface area contributed by atoms with Crippen LogP contribution in [0.2, 0.25) is 0 Å². The van der Waals surface area contributed by atoms with E-state index in [1.807, 2.05) is 25.1 Å². The third kappa shape index (κ3) is 5.83. The summed E-state index contributed by atoms with van der Waals surface area (Å²) in [6, 6.07) is 12.6. The van der Waals surface area contributed by atoms with Crippen molar-refractivity contribution in [1.29, 1.82) is 0 Å². The minimum absolute atomic E-state index is 0.0509. The van der Waals surface area contributed by atoms with Gasteiger partial charge in [-0.3, -0.25) is 14.6 Å². The Bertz CT molecular complexity index is 654. The molecule has 1 aromatic heterocycles. The second kappa shape index (κ2) is 9.45. The molecule has 0 saturated carbocycles. The maximum Gasteiger partial charge on any atom is 0.220 e. The summed E-state index contributed by atoms with van der Waals surface area (Å²) in [5, 5.41) is 2.76. The van der Waals surface area contributed by atoms with Crippen LogP contribution in [-0.2, 0) is 11.3 Å². The quantitative estimate of drug-likeness (QED) is 0.719. The van der Waals surface area contributed by atoms with Gasteiger partial charge in [0, 0.05) is 24.6 Å². The molecular weight excluding hydrogens is 304 g/mol. The largest absolute Gasteiger partial charge is 0.494 e.